The molecule has 9 heteroatoms. The van der Waals surface area contributed by atoms with Crippen molar-refractivity contribution in [1.29, 1.82) is 0 Å². The topological polar surface area (TPSA) is 92.5 Å². The minimum absolute atomic E-state index is 0.304. The van der Waals surface area contributed by atoms with Gasteiger partial charge >= 0.3 is 0 Å². The third-order valence-electron chi connectivity index (χ3n) is 6.37. The number of hydrogen-bond donors (Lipinski definition) is 1. The van der Waals surface area contributed by atoms with Gasteiger partial charge in [0.15, 0.2) is 0 Å². The van der Waals surface area contributed by atoms with Crippen molar-refractivity contribution in [2.24, 2.45) is 0 Å². The smallest absolute Gasteiger partial charge is 0.245 e. The number of benzene rings is 2. The standard InChI is InChI=1S/C27H24N6O2S/c34-36(35,32-15-1-2-16-32)25-7-3-5-21(17-25)26-13-12-24-19-29-27(31-33(24)26)30-23-10-8-20(9-11-23)22-6-4-14-28-18-22/h3-14,17-19H,1-2,15-16H2,(H,30,31). The van der Waals surface area contributed by atoms with Crippen molar-refractivity contribution in [3.8, 4) is 22.4 Å². The normalized spacial score (nSPS) is 14.3. The predicted octanol–water partition coefficient (Wildman–Crippen LogP) is 4.99. The zero-order valence-corrected chi connectivity index (χ0v) is 20.3. The Bertz CT molecular complexity index is 1630. The predicted molar refractivity (Wildman–Crippen MR) is 139 cm³/mol. The molecule has 0 unspecified atom stereocenters. The van der Waals surface area contributed by atoms with Gasteiger partial charge in [0, 0.05) is 36.7 Å². The van der Waals surface area contributed by atoms with Crippen LogP contribution in [-0.4, -0.2) is 45.4 Å². The second-order valence-corrected chi connectivity index (χ2v) is 10.7. The summed E-state index contributed by atoms with van der Waals surface area (Å²) in [5, 5.41) is 7.94. The van der Waals surface area contributed by atoms with E-state index in [4.69, 9.17) is 0 Å². The van der Waals surface area contributed by atoms with Crippen molar-refractivity contribution < 1.29 is 8.42 Å². The molecule has 0 bridgehead atoms. The van der Waals surface area contributed by atoms with Crippen LogP contribution >= 0.6 is 0 Å². The molecule has 0 aliphatic carbocycles. The van der Waals surface area contributed by atoms with Crippen LogP contribution in [0.4, 0.5) is 11.6 Å². The summed E-state index contributed by atoms with van der Waals surface area (Å²) in [6.45, 7) is 1.15. The zero-order valence-electron chi connectivity index (χ0n) is 19.4. The maximum absolute atomic E-state index is 13.1. The van der Waals surface area contributed by atoms with Crippen LogP contribution in [0.5, 0.6) is 0 Å². The molecular weight excluding hydrogens is 472 g/mol. The first-order valence-corrected chi connectivity index (χ1v) is 13.2. The molecule has 0 atom stereocenters. The summed E-state index contributed by atoms with van der Waals surface area (Å²) in [4.78, 5) is 8.92. The van der Waals surface area contributed by atoms with Crippen LogP contribution < -0.4 is 5.32 Å². The first-order valence-electron chi connectivity index (χ1n) is 11.8. The van der Waals surface area contributed by atoms with Crippen molar-refractivity contribution >= 4 is 27.2 Å². The second-order valence-electron chi connectivity index (χ2n) is 8.72. The van der Waals surface area contributed by atoms with Crippen molar-refractivity contribution in [1.82, 2.24) is 23.9 Å². The summed E-state index contributed by atoms with van der Waals surface area (Å²) in [5.74, 6) is 0.440. The zero-order chi connectivity index (χ0) is 24.5. The summed E-state index contributed by atoms with van der Waals surface area (Å²) < 4.78 is 29.5. The first kappa shape index (κ1) is 22.4. The van der Waals surface area contributed by atoms with E-state index in [1.807, 2.05) is 60.8 Å². The Hall–Kier alpha value is -4.08. The van der Waals surface area contributed by atoms with Gasteiger partial charge in [0.05, 0.1) is 22.3 Å². The lowest BCUT2D eigenvalue weighted by atomic mass is 10.1. The van der Waals surface area contributed by atoms with Crippen molar-refractivity contribution in [2.45, 2.75) is 17.7 Å². The van der Waals surface area contributed by atoms with Crippen LogP contribution in [0.2, 0.25) is 0 Å². The van der Waals surface area contributed by atoms with Gasteiger partial charge in [-0.1, -0.05) is 30.3 Å². The molecule has 0 radical (unpaired) electrons. The number of pyridine rings is 1. The van der Waals surface area contributed by atoms with E-state index >= 15 is 0 Å². The highest BCUT2D eigenvalue weighted by molar-refractivity contribution is 7.89. The maximum atomic E-state index is 13.1. The lowest BCUT2D eigenvalue weighted by molar-refractivity contribution is 0.477. The van der Waals surface area contributed by atoms with Crippen LogP contribution in [0.3, 0.4) is 0 Å². The number of nitrogens with one attached hydrogen (secondary N) is 1. The lowest BCUT2D eigenvalue weighted by Gasteiger charge is -2.16. The SMILES string of the molecule is O=S(=O)(c1cccc(-c2ccc3cnc(Nc4ccc(-c5cccnc5)cc4)nn23)c1)N1CCCC1. The van der Waals surface area contributed by atoms with Crippen LogP contribution in [0, 0.1) is 0 Å². The fourth-order valence-electron chi connectivity index (χ4n) is 4.48. The first-order chi connectivity index (χ1) is 17.6. The number of aromatic nitrogens is 4. The van der Waals surface area contributed by atoms with E-state index in [1.54, 1.807) is 39.4 Å². The minimum atomic E-state index is -3.50. The molecule has 0 spiro atoms. The number of sulfonamides is 1. The Labute approximate surface area is 209 Å². The molecule has 36 heavy (non-hydrogen) atoms. The van der Waals surface area contributed by atoms with Gasteiger partial charge in [-0.05, 0) is 66.4 Å². The summed E-state index contributed by atoms with van der Waals surface area (Å²) in [5.41, 5.74) is 5.36. The molecule has 0 amide bonds. The van der Waals surface area contributed by atoms with Crippen LogP contribution in [-0.2, 0) is 10.0 Å². The molecule has 6 rings (SSSR count). The summed E-state index contributed by atoms with van der Waals surface area (Å²) in [7, 11) is -3.50. The third kappa shape index (κ3) is 4.23. The van der Waals surface area contributed by atoms with Gasteiger partial charge in [0.25, 0.3) is 0 Å². The molecule has 0 saturated carbocycles. The molecule has 1 saturated heterocycles. The van der Waals surface area contributed by atoms with Crippen LogP contribution in [0.1, 0.15) is 12.8 Å². The molecule has 180 valence electrons. The molecule has 5 aromatic rings. The largest absolute Gasteiger partial charge is 0.323 e. The van der Waals surface area contributed by atoms with Crippen molar-refractivity contribution in [3.63, 3.8) is 0 Å². The highest BCUT2D eigenvalue weighted by Crippen LogP contribution is 2.28. The molecule has 1 N–H and O–H groups in total. The lowest BCUT2D eigenvalue weighted by Crippen LogP contribution is -2.27. The molecule has 3 aromatic heterocycles. The Balaban J connectivity index is 1.29. The molecule has 1 aliphatic rings. The Kier molecular flexibility index (Phi) is 5.71. The van der Waals surface area contributed by atoms with Gasteiger partial charge in [0.1, 0.15) is 0 Å². The van der Waals surface area contributed by atoms with Crippen LogP contribution in [0.15, 0.2) is 96.3 Å². The van der Waals surface area contributed by atoms with E-state index in [0.29, 0.717) is 23.9 Å². The van der Waals surface area contributed by atoms with E-state index < -0.39 is 10.0 Å². The number of nitrogens with zero attached hydrogens (tertiary/aromatic N) is 5. The van der Waals surface area contributed by atoms with E-state index in [0.717, 1.165) is 46.4 Å². The van der Waals surface area contributed by atoms with E-state index in [-0.39, 0.29) is 0 Å². The van der Waals surface area contributed by atoms with E-state index in [2.05, 4.69) is 20.4 Å². The number of hydrogen-bond acceptors (Lipinski definition) is 6. The quantitative estimate of drug-likeness (QED) is 0.356. The van der Waals surface area contributed by atoms with Gasteiger partial charge in [-0.2, -0.15) is 4.31 Å². The second kappa shape index (κ2) is 9.18. The van der Waals surface area contributed by atoms with Crippen molar-refractivity contribution in [3.05, 3.63) is 91.4 Å². The average Bonchev–Trinajstić information content (AvgIpc) is 3.61. The third-order valence-corrected chi connectivity index (χ3v) is 8.26. The molecule has 1 fully saturated rings. The highest BCUT2D eigenvalue weighted by Gasteiger charge is 2.27. The highest BCUT2D eigenvalue weighted by atomic mass is 32.2. The maximum Gasteiger partial charge on any atom is 0.245 e. The van der Waals surface area contributed by atoms with Gasteiger partial charge in [-0.3, -0.25) is 4.98 Å². The van der Waals surface area contributed by atoms with Crippen molar-refractivity contribution in [2.75, 3.05) is 18.4 Å². The number of rotatable bonds is 6. The molecule has 4 heterocycles. The molecule has 8 nitrogen and oxygen atoms in total. The van der Waals surface area contributed by atoms with E-state index in [9.17, 15) is 8.42 Å². The summed E-state index contributed by atoms with van der Waals surface area (Å²) >= 11 is 0. The summed E-state index contributed by atoms with van der Waals surface area (Å²) in [6, 6.07) is 22.8. The van der Waals surface area contributed by atoms with Gasteiger partial charge in [-0.15, -0.1) is 5.10 Å². The fraction of sp³-hybridized carbons (Fsp3) is 0.148. The Morgan fingerprint density at radius 2 is 1.61 bits per heavy atom. The molecule has 2 aromatic carbocycles. The Morgan fingerprint density at radius 3 is 2.39 bits per heavy atom. The summed E-state index contributed by atoms with van der Waals surface area (Å²) in [6.07, 6.45) is 7.14. The van der Waals surface area contributed by atoms with E-state index in [1.165, 1.54) is 0 Å². The number of fused-ring (bicyclic) bond motifs is 1. The average molecular weight is 497 g/mol. The van der Waals surface area contributed by atoms with Gasteiger partial charge < -0.3 is 5.32 Å². The van der Waals surface area contributed by atoms with Gasteiger partial charge in [0.2, 0.25) is 16.0 Å². The molecule has 1 aliphatic heterocycles. The minimum Gasteiger partial charge on any atom is -0.323 e. The Morgan fingerprint density at radius 1 is 0.806 bits per heavy atom. The fourth-order valence-corrected chi connectivity index (χ4v) is 6.04. The molecular formula is C27H24N6O2S. The van der Waals surface area contributed by atoms with Gasteiger partial charge in [-0.25, -0.2) is 17.9 Å². The monoisotopic (exact) mass is 496 g/mol. The van der Waals surface area contributed by atoms with Crippen LogP contribution in [0.25, 0.3) is 27.9 Å². The number of anilines is 2.